The second-order valence-electron chi connectivity index (χ2n) is 8.44. The van der Waals surface area contributed by atoms with Gasteiger partial charge in [-0.15, -0.1) is 0 Å². The van der Waals surface area contributed by atoms with Gasteiger partial charge in [-0.05, 0) is 50.2 Å². The van der Waals surface area contributed by atoms with Gasteiger partial charge in [0, 0.05) is 40.7 Å². The minimum absolute atomic E-state index is 0.0133. The number of halogens is 1. The van der Waals surface area contributed by atoms with E-state index in [1.165, 1.54) is 16.6 Å². The van der Waals surface area contributed by atoms with Crippen molar-refractivity contribution in [2.75, 3.05) is 19.5 Å². The number of hydrogen-bond acceptors (Lipinski definition) is 7. The molecule has 0 aliphatic carbocycles. The topological polar surface area (TPSA) is 99.9 Å². The standard InChI is InChI=1S/C28H24FN5O4/c1-16-17(2)31-26-10-11-30-34(26)28(16)38-25-9-8-19(14-22(25)29)32-27(35)24-7-5-6-23(33-24)18-12-20(36-3)15-21(13-18)37-4/h5-15H,1-4H3,(H,32,35). The molecule has 0 saturated heterocycles. The number of carbonyl (C=O) groups excluding carboxylic acids is 1. The molecule has 9 nitrogen and oxygen atoms in total. The normalized spacial score (nSPS) is 10.9. The molecule has 38 heavy (non-hydrogen) atoms. The Bertz CT molecular complexity index is 1640. The van der Waals surface area contributed by atoms with Crippen molar-refractivity contribution in [3.05, 3.63) is 89.6 Å². The van der Waals surface area contributed by atoms with Crippen LogP contribution >= 0.6 is 0 Å². The van der Waals surface area contributed by atoms with Gasteiger partial charge < -0.3 is 19.5 Å². The van der Waals surface area contributed by atoms with Crippen LogP contribution in [-0.2, 0) is 0 Å². The van der Waals surface area contributed by atoms with Gasteiger partial charge in [0.25, 0.3) is 5.91 Å². The van der Waals surface area contributed by atoms with Gasteiger partial charge in [-0.25, -0.2) is 14.4 Å². The molecule has 0 radical (unpaired) electrons. The number of anilines is 1. The molecule has 0 saturated carbocycles. The first-order valence-electron chi connectivity index (χ1n) is 11.7. The van der Waals surface area contributed by atoms with Gasteiger partial charge in [-0.3, -0.25) is 4.79 Å². The summed E-state index contributed by atoms with van der Waals surface area (Å²) in [6.07, 6.45) is 1.59. The third-order valence-corrected chi connectivity index (χ3v) is 5.99. The van der Waals surface area contributed by atoms with E-state index in [2.05, 4.69) is 20.4 Å². The molecule has 192 valence electrons. The molecule has 0 unspecified atom stereocenters. The third kappa shape index (κ3) is 4.83. The Morgan fingerprint density at radius 3 is 2.42 bits per heavy atom. The number of fused-ring (bicyclic) bond motifs is 1. The molecule has 0 atom stereocenters. The molecule has 0 bridgehead atoms. The minimum atomic E-state index is -0.651. The van der Waals surface area contributed by atoms with Crippen molar-refractivity contribution < 1.29 is 23.4 Å². The van der Waals surface area contributed by atoms with Crippen LogP contribution in [0.15, 0.2) is 66.9 Å². The summed E-state index contributed by atoms with van der Waals surface area (Å²) in [6.45, 7) is 3.67. The number of methoxy groups -OCH3 is 2. The van der Waals surface area contributed by atoms with Crippen molar-refractivity contribution >= 4 is 17.2 Å². The van der Waals surface area contributed by atoms with Crippen molar-refractivity contribution in [2.45, 2.75) is 13.8 Å². The van der Waals surface area contributed by atoms with Crippen molar-refractivity contribution in [2.24, 2.45) is 0 Å². The van der Waals surface area contributed by atoms with Crippen LogP contribution in [0.4, 0.5) is 10.1 Å². The summed E-state index contributed by atoms with van der Waals surface area (Å²) in [6, 6.07) is 16.3. The fourth-order valence-electron chi connectivity index (χ4n) is 3.86. The number of aryl methyl sites for hydroxylation is 1. The number of carbonyl (C=O) groups is 1. The Labute approximate surface area is 217 Å². The summed E-state index contributed by atoms with van der Waals surface area (Å²) in [5.41, 5.74) is 3.76. The second kappa shape index (κ2) is 10.2. The number of hydrogen-bond donors (Lipinski definition) is 1. The van der Waals surface area contributed by atoms with E-state index in [0.717, 1.165) is 16.8 Å². The molecular weight excluding hydrogens is 489 g/mol. The molecule has 0 spiro atoms. The fourth-order valence-corrected chi connectivity index (χ4v) is 3.86. The zero-order valence-electron chi connectivity index (χ0n) is 21.2. The molecule has 1 amide bonds. The van der Waals surface area contributed by atoms with Crippen LogP contribution in [0.2, 0.25) is 0 Å². The molecule has 2 aromatic carbocycles. The molecule has 0 aliphatic heterocycles. The lowest BCUT2D eigenvalue weighted by atomic mass is 10.1. The number of rotatable bonds is 7. The van der Waals surface area contributed by atoms with Crippen molar-refractivity contribution in [3.63, 3.8) is 0 Å². The minimum Gasteiger partial charge on any atom is -0.497 e. The van der Waals surface area contributed by atoms with Crippen molar-refractivity contribution in [1.82, 2.24) is 19.6 Å². The van der Waals surface area contributed by atoms with Crippen molar-refractivity contribution in [1.29, 1.82) is 0 Å². The first-order chi connectivity index (χ1) is 18.4. The van der Waals surface area contributed by atoms with E-state index >= 15 is 4.39 Å². The zero-order valence-corrected chi connectivity index (χ0v) is 21.2. The van der Waals surface area contributed by atoms with Gasteiger partial charge in [-0.1, -0.05) is 6.07 Å². The monoisotopic (exact) mass is 513 g/mol. The number of benzene rings is 2. The lowest BCUT2D eigenvalue weighted by Gasteiger charge is -2.13. The lowest BCUT2D eigenvalue weighted by molar-refractivity contribution is 0.102. The number of nitrogens with zero attached hydrogens (tertiary/aromatic N) is 4. The fraction of sp³-hybridized carbons (Fsp3) is 0.143. The highest BCUT2D eigenvalue weighted by Gasteiger charge is 2.16. The SMILES string of the molecule is COc1cc(OC)cc(-c2cccc(C(=O)Nc3ccc(Oc4c(C)c(C)nc5ccnn45)c(F)c3)n2)c1. The van der Waals surface area contributed by atoms with Crippen LogP contribution < -0.4 is 19.5 Å². The Balaban J connectivity index is 1.36. The summed E-state index contributed by atoms with van der Waals surface area (Å²) >= 11 is 0. The van der Waals surface area contributed by atoms with Crippen LogP contribution in [0.25, 0.3) is 16.9 Å². The Morgan fingerprint density at radius 1 is 0.947 bits per heavy atom. The molecular formula is C28H24FN5O4. The summed E-state index contributed by atoms with van der Waals surface area (Å²) in [5.74, 6) is 0.401. The maximum absolute atomic E-state index is 15.0. The average Bonchev–Trinajstić information content (AvgIpc) is 3.40. The zero-order chi connectivity index (χ0) is 26.8. The van der Waals surface area contributed by atoms with Crippen LogP contribution in [-0.4, -0.2) is 39.7 Å². The molecule has 5 aromatic rings. The van der Waals surface area contributed by atoms with E-state index in [1.54, 1.807) is 68.9 Å². The third-order valence-electron chi connectivity index (χ3n) is 5.99. The van der Waals surface area contributed by atoms with Crippen LogP contribution in [0.3, 0.4) is 0 Å². The van der Waals surface area contributed by atoms with Gasteiger partial charge in [0.15, 0.2) is 17.2 Å². The predicted octanol–water partition coefficient (Wildman–Crippen LogP) is 5.61. The Kier molecular flexibility index (Phi) is 6.61. The number of amides is 1. The molecule has 0 aliphatic rings. The van der Waals surface area contributed by atoms with Gasteiger partial charge in [-0.2, -0.15) is 9.61 Å². The quantitative estimate of drug-likeness (QED) is 0.302. The number of pyridine rings is 1. The number of nitrogens with one attached hydrogen (secondary N) is 1. The van der Waals surface area contributed by atoms with Gasteiger partial charge in [0.1, 0.15) is 17.2 Å². The van der Waals surface area contributed by atoms with E-state index in [0.29, 0.717) is 28.7 Å². The summed E-state index contributed by atoms with van der Waals surface area (Å²) in [4.78, 5) is 21.8. The highest BCUT2D eigenvalue weighted by Crippen LogP contribution is 2.31. The smallest absolute Gasteiger partial charge is 0.274 e. The second-order valence-corrected chi connectivity index (χ2v) is 8.44. The maximum Gasteiger partial charge on any atom is 0.274 e. The number of ether oxygens (including phenoxy) is 3. The molecule has 3 aromatic heterocycles. The average molecular weight is 514 g/mol. The number of aromatic nitrogens is 4. The van der Waals surface area contributed by atoms with E-state index < -0.39 is 11.7 Å². The molecule has 3 heterocycles. The van der Waals surface area contributed by atoms with Crippen LogP contribution in [0.5, 0.6) is 23.1 Å². The summed E-state index contributed by atoms with van der Waals surface area (Å²) < 4.78 is 33.0. The Morgan fingerprint density at radius 2 is 1.71 bits per heavy atom. The highest BCUT2D eigenvalue weighted by atomic mass is 19.1. The molecule has 10 heteroatoms. The first-order valence-corrected chi connectivity index (χ1v) is 11.7. The van der Waals surface area contributed by atoms with E-state index in [4.69, 9.17) is 14.2 Å². The van der Waals surface area contributed by atoms with E-state index in [9.17, 15) is 4.79 Å². The molecule has 0 fully saturated rings. The summed E-state index contributed by atoms with van der Waals surface area (Å²) in [7, 11) is 3.12. The van der Waals surface area contributed by atoms with E-state index in [-0.39, 0.29) is 17.1 Å². The van der Waals surface area contributed by atoms with Crippen LogP contribution in [0, 0.1) is 19.7 Å². The largest absolute Gasteiger partial charge is 0.497 e. The predicted molar refractivity (Wildman–Crippen MR) is 140 cm³/mol. The summed E-state index contributed by atoms with van der Waals surface area (Å²) in [5, 5.41) is 6.90. The molecule has 1 N–H and O–H groups in total. The van der Waals surface area contributed by atoms with Gasteiger partial charge in [0.05, 0.1) is 26.1 Å². The van der Waals surface area contributed by atoms with E-state index in [1.807, 2.05) is 13.8 Å². The lowest BCUT2D eigenvalue weighted by Crippen LogP contribution is -2.14. The van der Waals surface area contributed by atoms with Crippen molar-refractivity contribution in [3.8, 4) is 34.4 Å². The first kappa shape index (κ1) is 24.7. The van der Waals surface area contributed by atoms with Crippen LogP contribution in [0.1, 0.15) is 21.7 Å². The molecule has 5 rings (SSSR count). The van der Waals surface area contributed by atoms with Gasteiger partial charge >= 0.3 is 0 Å². The highest BCUT2D eigenvalue weighted by molar-refractivity contribution is 6.03. The van der Waals surface area contributed by atoms with Gasteiger partial charge in [0.2, 0.25) is 5.88 Å². The Hall–Kier alpha value is -4.99. The maximum atomic E-state index is 15.0.